The van der Waals surface area contributed by atoms with Gasteiger partial charge in [-0.15, -0.1) is 0 Å². The standard InChI is InChI=1S/C84H52N6O2/c1-6-25-53(26-7-1)61-40-23-42-67-78-64-48-47-59(50-75(64)92-74-46-21-17-38-65(74)81(78)89(79(61)67)76-52-71(56-31-12-4-13-32-56)85-83(88-76)57-33-14-5-15-34-57)58-35-22-36-60(49-58)70-51-69(55-29-10-3-11-30-55)86-84(87-70)90-80-62(54-27-8-2-9-28-54)41-24-43-68(80)77-63-37-16-19-44-72(63)91-73-45-20-18-39-66(73)82(77)90/h1-52H. The SMILES string of the molecule is c1ccc(-c2cc(-n3c4c(c5cccc(-c6ccccc6)c53)-c3ccc(-c5cccc(-c6cc(-c7ccccc7)nc(-n7c8c(c9cccc(-c%10ccccc%10)c97)-c7ccccc7Oc7ccccc7-8)n6)c5)cc3Oc3ccccc3-4)nc(-c3ccccc3)n2)cc1. The zero-order valence-corrected chi connectivity index (χ0v) is 49.5. The number of rotatable bonds is 9. The van der Waals surface area contributed by atoms with Crippen LogP contribution in [-0.4, -0.2) is 29.1 Å². The summed E-state index contributed by atoms with van der Waals surface area (Å²) in [6.45, 7) is 0. The van der Waals surface area contributed by atoms with E-state index < -0.39 is 0 Å². The molecule has 2 aliphatic rings. The fourth-order valence-electron chi connectivity index (χ4n) is 13.7. The zero-order chi connectivity index (χ0) is 60.6. The highest BCUT2D eigenvalue weighted by atomic mass is 16.5. The van der Waals surface area contributed by atoms with Crippen molar-refractivity contribution in [3.8, 4) is 158 Å². The first kappa shape index (κ1) is 52.6. The van der Waals surface area contributed by atoms with Gasteiger partial charge in [-0.2, -0.15) is 0 Å². The molecule has 0 fully saturated rings. The van der Waals surface area contributed by atoms with Crippen LogP contribution in [0.1, 0.15) is 0 Å². The molecule has 8 heteroatoms. The maximum absolute atomic E-state index is 7.28. The normalized spacial score (nSPS) is 11.9. The second-order valence-corrected chi connectivity index (χ2v) is 23.2. The van der Waals surface area contributed by atoms with Gasteiger partial charge in [0, 0.05) is 83.6 Å². The molecule has 0 spiro atoms. The van der Waals surface area contributed by atoms with Gasteiger partial charge in [-0.1, -0.05) is 255 Å². The molecule has 0 saturated carbocycles. The van der Waals surface area contributed by atoms with E-state index >= 15 is 0 Å². The Bertz CT molecular complexity index is 5510. The van der Waals surface area contributed by atoms with Gasteiger partial charge in [0.1, 0.15) is 28.8 Å². The fraction of sp³-hybridized carbons (Fsp3) is 0. The third-order valence-corrected chi connectivity index (χ3v) is 17.8. The number of hydrogen-bond donors (Lipinski definition) is 0. The van der Waals surface area contributed by atoms with Crippen LogP contribution in [0.2, 0.25) is 0 Å². The van der Waals surface area contributed by atoms with E-state index in [0.717, 1.165) is 168 Å². The molecule has 92 heavy (non-hydrogen) atoms. The van der Waals surface area contributed by atoms with Crippen LogP contribution < -0.4 is 9.47 Å². The molecule has 8 nitrogen and oxygen atoms in total. The van der Waals surface area contributed by atoms with E-state index in [2.05, 4.69) is 270 Å². The lowest BCUT2D eigenvalue weighted by atomic mass is 9.94. The van der Waals surface area contributed by atoms with Gasteiger partial charge in [0.25, 0.3) is 0 Å². The Labute approximate surface area is 530 Å². The van der Waals surface area contributed by atoms with Gasteiger partial charge in [0.15, 0.2) is 5.82 Å². The van der Waals surface area contributed by atoms with Crippen molar-refractivity contribution in [2.45, 2.75) is 0 Å². The first-order valence-corrected chi connectivity index (χ1v) is 30.9. The van der Waals surface area contributed by atoms with Crippen molar-refractivity contribution in [3.05, 3.63) is 315 Å². The van der Waals surface area contributed by atoms with E-state index in [-0.39, 0.29) is 0 Å². The highest BCUT2D eigenvalue weighted by Crippen LogP contribution is 2.56. The molecule has 0 N–H and O–H groups in total. The molecule has 2 aliphatic heterocycles. The predicted octanol–water partition coefficient (Wildman–Crippen LogP) is 21.7. The molecule has 0 bridgehead atoms. The molecule has 0 atom stereocenters. The van der Waals surface area contributed by atoms with E-state index in [1.807, 2.05) is 54.6 Å². The quantitative estimate of drug-likeness (QED) is 0.143. The van der Waals surface area contributed by atoms with Crippen molar-refractivity contribution in [1.29, 1.82) is 0 Å². The van der Waals surface area contributed by atoms with Crippen molar-refractivity contribution in [3.63, 3.8) is 0 Å². The molecule has 0 amide bonds. The van der Waals surface area contributed by atoms with Crippen molar-refractivity contribution in [2.24, 2.45) is 0 Å². The average Bonchev–Trinajstić information content (AvgIpc) is 1.56. The van der Waals surface area contributed by atoms with Gasteiger partial charge in [0.05, 0.1) is 39.5 Å². The maximum Gasteiger partial charge on any atom is 0.235 e. The Morgan fingerprint density at radius 1 is 0.239 bits per heavy atom. The fourth-order valence-corrected chi connectivity index (χ4v) is 13.7. The lowest BCUT2D eigenvalue weighted by molar-refractivity contribution is 0.487. The number of para-hydroxylation sites is 5. The minimum Gasteiger partial charge on any atom is -0.456 e. The van der Waals surface area contributed by atoms with Crippen molar-refractivity contribution < 1.29 is 9.47 Å². The minimum absolute atomic E-state index is 0.535. The molecule has 0 unspecified atom stereocenters. The van der Waals surface area contributed by atoms with Gasteiger partial charge in [0.2, 0.25) is 5.95 Å². The van der Waals surface area contributed by atoms with Crippen LogP contribution in [0.3, 0.4) is 0 Å². The van der Waals surface area contributed by atoms with Crippen LogP contribution in [0.15, 0.2) is 315 Å². The third kappa shape index (κ3) is 8.76. The Morgan fingerprint density at radius 2 is 0.641 bits per heavy atom. The minimum atomic E-state index is 0.535. The number of nitrogens with zero attached hydrogens (tertiary/aromatic N) is 6. The molecule has 0 saturated heterocycles. The second kappa shape index (κ2) is 21.7. The monoisotopic (exact) mass is 1180 g/mol. The summed E-state index contributed by atoms with van der Waals surface area (Å²) in [6.07, 6.45) is 0. The lowest BCUT2D eigenvalue weighted by Crippen LogP contribution is -2.06. The van der Waals surface area contributed by atoms with Crippen molar-refractivity contribution in [1.82, 2.24) is 29.1 Å². The molecular weight excluding hydrogens is 1120 g/mol. The number of hydrogen-bond acceptors (Lipinski definition) is 6. The van der Waals surface area contributed by atoms with E-state index in [0.29, 0.717) is 11.8 Å². The molecular formula is C84H52N6O2. The maximum atomic E-state index is 7.28. The average molecular weight is 1180 g/mol. The van der Waals surface area contributed by atoms with E-state index in [9.17, 15) is 0 Å². The summed E-state index contributed by atoms with van der Waals surface area (Å²) in [7, 11) is 0. The smallest absolute Gasteiger partial charge is 0.235 e. The number of aromatic nitrogens is 6. The Morgan fingerprint density at radius 3 is 1.23 bits per heavy atom. The molecule has 6 heterocycles. The Hall–Kier alpha value is -12.5. The first-order chi connectivity index (χ1) is 45.6. The summed E-state index contributed by atoms with van der Waals surface area (Å²) >= 11 is 0. The molecule has 18 rings (SSSR count). The summed E-state index contributed by atoms with van der Waals surface area (Å²) < 4.78 is 18.8. The zero-order valence-electron chi connectivity index (χ0n) is 49.5. The van der Waals surface area contributed by atoms with E-state index in [4.69, 9.17) is 29.4 Å². The van der Waals surface area contributed by atoms with E-state index in [1.54, 1.807) is 0 Å². The Balaban J connectivity index is 0.842. The van der Waals surface area contributed by atoms with Crippen LogP contribution in [0.4, 0.5) is 0 Å². The molecule has 430 valence electrons. The van der Waals surface area contributed by atoms with Gasteiger partial charge in [-0.3, -0.25) is 9.13 Å². The molecule has 16 aromatic rings. The molecule has 12 aromatic carbocycles. The number of benzene rings is 12. The summed E-state index contributed by atoms with van der Waals surface area (Å²) in [5.74, 6) is 4.91. The van der Waals surface area contributed by atoms with Gasteiger partial charge >= 0.3 is 0 Å². The predicted molar refractivity (Wildman–Crippen MR) is 371 cm³/mol. The molecule has 0 aliphatic carbocycles. The summed E-state index contributed by atoms with van der Waals surface area (Å²) in [5.41, 5.74) is 22.4. The topological polar surface area (TPSA) is 79.9 Å². The largest absolute Gasteiger partial charge is 0.456 e. The van der Waals surface area contributed by atoms with Crippen LogP contribution in [-0.2, 0) is 0 Å². The van der Waals surface area contributed by atoms with Crippen LogP contribution in [0.25, 0.3) is 157 Å². The van der Waals surface area contributed by atoms with Crippen molar-refractivity contribution >= 4 is 21.8 Å². The van der Waals surface area contributed by atoms with Gasteiger partial charge in [-0.05, 0) is 76.9 Å². The van der Waals surface area contributed by atoms with Crippen LogP contribution in [0, 0.1) is 0 Å². The van der Waals surface area contributed by atoms with Gasteiger partial charge < -0.3 is 9.47 Å². The van der Waals surface area contributed by atoms with Crippen molar-refractivity contribution in [2.75, 3.05) is 0 Å². The van der Waals surface area contributed by atoms with Crippen LogP contribution >= 0.6 is 0 Å². The first-order valence-electron chi connectivity index (χ1n) is 30.9. The van der Waals surface area contributed by atoms with Crippen LogP contribution in [0.5, 0.6) is 23.0 Å². The second-order valence-electron chi connectivity index (χ2n) is 23.2. The number of ether oxygens (including phenoxy) is 2. The Kier molecular flexibility index (Phi) is 12.4. The molecule has 4 aromatic heterocycles. The molecule has 0 radical (unpaired) electrons. The lowest BCUT2D eigenvalue weighted by Gasteiger charge is -2.17. The van der Waals surface area contributed by atoms with E-state index in [1.165, 1.54) is 0 Å². The third-order valence-electron chi connectivity index (χ3n) is 17.8. The summed E-state index contributed by atoms with van der Waals surface area (Å²) in [4.78, 5) is 22.1. The van der Waals surface area contributed by atoms with Gasteiger partial charge in [-0.25, -0.2) is 19.9 Å². The summed E-state index contributed by atoms with van der Waals surface area (Å²) in [6, 6.07) is 110. The highest BCUT2D eigenvalue weighted by molar-refractivity contribution is 6.14. The summed E-state index contributed by atoms with van der Waals surface area (Å²) in [5, 5.41) is 2.13. The number of fused-ring (bicyclic) bond motifs is 14. The highest BCUT2D eigenvalue weighted by Gasteiger charge is 2.33.